The van der Waals surface area contributed by atoms with Crippen LogP contribution in [-0.2, 0) is 12.8 Å². The zero-order chi connectivity index (χ0) is 16.4. The van der Waals surface area contributed by atoms with Gasteiger partial charge in [-0.1, -0.05) is 29.8 Å². The van der Waals surface area contributed by atoms with Gasteiger partial charge in [-0.25, -0.2) is 4.39 Å². The van der Waals surface area contributed by atoms with Crippen LogP contribution in [0.2, 0.25) is 5.02 Å². The first-order chi connectivity index (χ1) is 11.0. The fourth-order valence-electron chi connectivity index (χ4n) is 2.78. The fraction of sp³-hybridized carbons (Fsp3) is 0.278. The topological polar surface area (TPSA) is 38.3 Å². The first-order valence-electron chi connectivity index (χ1n) is 7.54. The van der Waals surface area contributed by atoms with Crippen LogP contribution in [0, 0.1) is 5.82 Å². The second kappa shape index (κ2) is 6.59. The summed E-state index contributed by atoms with van der Waals surface area (Å²) in [7, 11) is 0. The minimum absolute atomic E-state index is 0.108. The van der Waals surface area contributed by atoms with Gasteiger partial charge in [0.15, 0.2) is 0 Å². The Hall–Kier alpha value is -2.07. The summed E-state index contributed by atoms with van der Waals surface area (Å²) in [6, 6.07) is 10.1. The van der Waals surface area contributed by atoms with Gasteiger partial charge in [-0.15, -0.1) is 0 Å². The van der Waals surface area contributed by atoms with Crippen LogP contribution in [-0.4, -0.2) is 18.6 Å². The molecule has 1 aliphatic heterocycles. The minimum Gasteiger partial charge on any atom is -0.493 e. The summed E-state index contributed by atoms with van der Waals surface area (Å²) in [5.41, 5.74) is 2.20. The number of amides is 1. The van der Waals surface area contributed by atoms with E-state index in [1.165, 1.54) is 23.8 Å². The molecule has 0 fully saturated rings. The van der Waals surface area contributed by atoms with E-state index in [4.69, 9.17) is 16.3 Å². The number of rotatable bonds is 4. The number of fused-ring (bicyclic) bond motifs is 1. The Kier molecular flexibility index (Phi) is 4.53. The van der Waals surface area contributed by atoms with Crippen LogP contribution < -0.4 is 10.1 Å². The highest BCUT2D eigenvalue weighted by Crippen LogP contribution is 2.26. The molecule has 0 radical (unpaired) electrons. The Balaban J connectivity index is 1.67. The molecule has 0 unspecified atom stereocenters. The van der Waals surface area contributed by atoms with Gasteiger partial charge in [0.2, 0.25) is 0 Å². The molecule has 5 heteroatoms. The maximum Gasteiger partial charge on any atom is 0.255 e. The first kappa shape index (κ1) is 15.8. The van der Waals surface area contributed by atoms with Crippen molar-refractivity contribution in [3.8, 4) is 5.75 Å². The molecule has 1 heterocycles. The second-order valence-electron chi connectivity index (χ2n) is 5.72. The summed E-state index contributed by atoms with van der Waals surface area (Å²) >= 11 is 5.92. The summed E-state index contributed by atoms with van der Waals surface area (Å²) in [5, 5.41) is 2.91. The van der Waals surface area contributed by atoms with Crippen molar-refractivity contribution in [3.05, 3.63) is 63.9 Å². The number of nitrogens with one attached hydrogen (secondary N) is 1. The molecular formula is C18H17ClFNO2. The maximum atomic E-state index is 13.8. The molecule has 0 saturated carbocycles. The molecule has 1 N–H and O–H groups in total. The third-order valence-corrected chi connectivity index (χ3v) is 4.18. The lowest BCUT2D eigenvalue weighted by molar-refractivity contribution is 0.0936. The molecule has 1 aliphatic rings. The number of halogens is 2. The molecular weight excluding hydrogens is 317 g/mol. The lowest BCUT2D eigenvalue weighted by Gasteiger charge is -2.15. The second-order valence-corrected chi connectivity index (χ2v) is 6.12. The Morgan fingerprint density at radius 3 is 3.00 bits per heavy atom. The Morgan fingerprint density at radius 1 is 1.39 bits per heavy atom. The predicted molar refractivity (Wildman–Crippen MR) is 87.7 cm³/mol. The lowest BCUT2D eigenvalue weighted by atomic mass is 10.0. The summed E-state index contributed by atoms with van der Waals surface area (Å²) in [5.74, 6) is -0.175. The van der Waals surface area contributed by atoms with Crippen LogP contribution in [0.4, 0.5) is 4.39 Å². The summed E-state index contributed by atoms with van der Waals surface area (Å²) in [4.78, 5) is 12.2. The number of ether oxygens (including phenoxy) is 1. The van der Waals surface area contributed by atoms with E-state index >= 15 is 0 Å². The highest BCUT2D eigenvalue weighted by molar-refractivity contribution is 6.33. The molecule has 0 bridgehead atoms. The molecule has 2 aromatic rings. The molecule has 23 heavy (non-hydrogen) atoms. The van der Waals surface area contributed by atoms with E-state index in [0.717, 1.165) is 24.3 Å². The number of carbonyl (C=O) groups excluding carboxylic acids is 1. The number of benzene rings is 2. The van der Waals surface area contributed by atoms with Gasteiger partial charge in [0.25, 0.3) is 5.91 Å². The molecule has 3 rings (SSSR count). The average molecular weight is 334 g/mol. The Morgan fingerprint density at radius 2 is 2.22 bits per heavy atom. The third-order valence-electron chi connectivity index (χ3n) is 3.86. The van der Waals surface area contributed by atoms with Gasteiger partial charge in [-0.3, -0.25) is 4.79 Å². The zero-order valence-electron chi connectivity index (χ0n) is 12.7. The van der Waals surface area contributed by atoms with Crippen LogP contribution in [0.25, 0.3) is 0 Å². The highest BCUT2D eigenvalue weighted by Gasteiger charge is 2.18. The van der Waals surface area contributed by atoms with Crippen LogP contribution in [0.3, 0.4) is 0 Å². The van der Waals surface area contributed by atoms with E-state index in [1.54, 1.807) is 0 Å². The molecule has 2 aromatic carbocycles. The third kappa shape index (κ3) is 3.48. The molecule has 120 valence electrons. The molecule has 1 atom stereocenters. The summed E-state index contributed by atoms with van der Waals surface area (Å²) in [6.45, 7) is 2.60. The molecule has 3 nitrogen and oxygen atoms in total. The van der Waals surface area contributed by atoms with E-state index in [1.807, 2.05) is 19.1 Å². The maximum absolute atomic E-state index is 13.8. The van der Waals surface area contributed by atoms with E-state index < -0.39 is 11.7 Å². The Bertz CT molecular complexity index is 728. The SMILES string of the molecule is C[C@@H](Cc1ccc2c(c1)CCO2)NC(=O)c1c(F)cccc1Cl. The monoisotopic (exact) mass is 333 g/mol. The van der Waals surface area contributed by atoms with Gasteiger partial charge in [0, 0.05) is 12.5 Å². The van der Waals surface area contributed by atoms with Crippen molar-refractivity contribution >= 4 is 17.5 Å². The molecule has 0 aliphatic carbocycles. The Labute approximate surface area is 139 Å². The summed E-state index contributed by atoms with van der Waals surface area (Å²) in [6.07, 6.45) is 1.57. The van der Waals surface area contributed by atoms with E-state index in [-0.39, 0.29) is 16.6 Å². The van der Waals surface area contributed by atoms with Gasteiger partial charge in [0.05, 0.1) is 17.2 Å². The van der Waals surface area contributed by atoms with Crippen molar-refractivity contribution in [3.63, 3.8) is 0 Å². The molecule has 0 saturated heterocycles. The molecule has 0 spiro atoms. The fourth-order valence-corrected chi connectivity index (χ4v) is 3.03. The lowest BCUT2D eigenvalue weighted by Crippen LogP contribution is -2.34. The number of carbonyl (C=O) groups is 1. The average Bonchev–Trinajstić information content (AvgIpc) is 2.94. The van der Waals surface area contributed by atoms with E-state index in [2.05, 4.69) is 11.4 Å². The largest absolute Gasteiger partial charge is 0.493 e. The minimum atomic E-state index is -0.614. The van der Waals surface area contributed by atoms with E-state index in [9.17, 15) is 9.18 Å². The van der Waals surface area contributed by atoms with Crippen molar-refractivity contribution in [2.45, 2.75) is 25.8 Å². The first-order valence-corrected chi connectivity index (χ1v) is 7.92. The van der Waals surface area contributed by atoms with Crippen LogP contribution in [0.1, 0.15) is 28.4 Å². The molecule has 0 aromatic heterocycles. The van der Waals surface area contributed by atoms with Gasteiger partial charge in [-0.2, -0.15) is 0 Å². The van der Waals surface area contributed by atoms with Crippen LogP contribution in [0.15, 0.2) is 36.4 Å². The normalized spacial score (nSPS) is 14.0. The number of hydrogen-bond acceptors (Lipinski definition) is 2. The highest BCUT2D eigenvalue weighted by atomic mass is 35.5. The van der Waals surface area contributed by atoms with Gasteiger partial charge in [-0.05, 0) is 42.7 Å². The van der Waals surface area contributed by atoms with Crippen molar-refractivity contribution < 1.29 is 13.9 Å². The smallest absolute Gasteiger partial charge is 0.255 e. The number of hydrogen-bond donors (Lipinski definition) is 1. The molecule has 1 amide bonds. The van der Waals surface area contributed by atoms with Crippen molar-refractivity contribution in [2.75, 3.05) is 6.61 Å². The van der Waals surface area contributed by atoms with Crippen molar-refractivity contribution in [1.29, 1.82) is 0 Å². The summed E-state index contributed by atoms with van der Waals surface area (Å²) < 4.78 is 19.3. The van der Waals surface area contributed by atoms with Gasteiger partial charge in [0.1, 0.15) is 11.6 Å². The van der Waals surface area contributed by atoms with Crippen LogP contribution in [0.5, 0.6) is 5.75 Å². The quantitative estimate of drug-likeness (QED) is 0.924. The van der Waals surface area contributed by atoms with Crippen molar-refractivity contribution in [2.24, 2.45) is 0 Å². The van der Waals surface area contributed by atoms with Crippen molar-refractivity contribution in [1.82, 2.24) is 5.32 Å². The van der Waals surface area contributed by atoms with Gasteiger partial charge >= 0.3 is 0 Å². The standard InChI is InChI=1S/C18H17ClFNO2/c1-11(9-12-5-6-16-13(10-12)7-8-23-16)21-18(22)17-14(19)3-2-4-15(17)20/h2-6,10-11H,7-9H2,1H3,(H,21,22)/t11-/m0/s1. The zero-order valence-corrected chi connectivity index (χ0v) is 13.5. The van der Waals surface area contributed by atoms with Gasteiger partial charge < -0.3 is 10.1 Å². The van der Waals surface area contributed by atoms with Crippen LogP contribution >= 0.6 is 11.6 Å². The van der Waals surface area contributed by atoms with E-state index in [0.29, 0.717) is 6.42 Å². The predicted octanol–water partition coefficient (Wildman–Crippen LogP) is 3.78.